The molecule has 0 saturated carbocycles. The van der Waals surface area contributed by atoms with Crippen LogP contribution in [-0.2, 0) is 10.0 Å². The standard InChI is InChI=1S/C20H26N2O3S2/c1-13-6-11-26-18(13)20(23)21-7-9-22(10-8-21)27(24,25)19-16(4)14(2)12-15(3)17(19)5/h6,11-12H,7-10H2,1-5H3. The summed E-state index contributed by atoms with van der Waals surface area (Å²) in [6.07, 6.45) is 0. The number of piperazine rings is 1. The van der Waals surface area contributed by atoms with Crippen LogP contribution in [-0.4, -0.2) is 49.7 Å². The summed E-state index contributed by atoms with van der Waals surface area (Å²) in [5, 5.41) is 1.91. The molecule has 0 spiro atoms. The van der Waals surface area contributed by atoms with E-state index in [9.17, 15) is 13.2 Å². The number of carbonyl (C=O) groups is 1. The average Bonchev–Trinajstić information content (AvgIpc) is 3.05. The maximum absolute atomic E-state index is 13.3. The van der Waals surface area contributed by atoms with E-state index in [-0.39, 0.29) is 5.91 Å². The number of thiophene rings is 1. The third kappa shape index (κ3) is 3.56. The summed E-state index contributed by atoms with van der Waals surface area (Å²) in [5.41, 5.74) is 4.57. The SMILES string of the molecule is Cc1ccsc1C(=O)N1CCN(S(=O)(=O)c2c(C)c(C)cc(C)c2C)CC1. The van der Waals surface area contributed by atoms with Crippen molar-refractivity contribution in [1.29, 1.82) is 0 Å². The first-order chi connectivity index (χ1) is 12.6. The molecule has 1 fully saturated rings. The molecule has 0 bridgehead atoms. The van der Waals surface area contributed by atoms with E-state index in [1.54, 1.807) is 4.90 Å². The number of amides is 1. The van der Waals surface area contributed by atoms with Crippen molar-refractivity contribution in [3.05, 3.63) is 50.2 Å². The fraction of sp³-hybridized carbons (Fsp3) is 0.450. The van der Waals surface area contributed by atoms with E-state index >= 15 is 0 Å². The lowest BCUT2D eigenvalue weighted by Crippen LogP contribution is -2.50. The van der Waals surface area contributed by atoms with Gasteiger partial charge in [0.25, 0.3) is 5.91 Å². The largest absolute Gasteiger partial charge is 0.335 e. The van der Waals surface area contributed by atoms with Crippen LogP contribution in [0.25, 0.3) is 0 Å². The van der Waals surface area contributed by atoms with Crippen molar-refractivity contribution in [2.45, 2.75) is 39.5 Å². The summed E-state index contributed by atoms with van der Waals surface area (Å²) in [7, 11) is -3.58. The number of hydrogen-bond acceptors (Lipinski definition) is 4. The van der Waals surface area contributed by atoms with Gasteiger partial charge in [-0.05, 0) is 73.9 Å². The van der Waals surface area contributed by atoms with E-state index in [4.69, 9.17) is 0 Å². The van der Waals surface area contributed by atoms with Crippen LogP contribution in [0.15, 0.2) is 22.4 Å². The highest BCUT2D eigenvalue weighted by atomic mass is 32.2. The van der Waals surface area contributed by atoms with Crippen LogP contribution in [0.2, 0.25) is 0 Å². The molecule has 1 aromatic carbocycles. The fourth-order valence-electron chi connectivity index (χ4n) is 3.56. The molecule has 2 aromatic rings. The van der Waals surface area contributed by atoms with Crippen molar-refractivity contribution in [1.82, 2.24) is 9.21 Å². The number of benzene rings is 1. The second-order valence-corrected chi connectivity index (χ2v) is 10.0. The van der Waals surface area contributed by atoms with Crippen molar-refractivity contribution in [2.75, 3.05) is 26.2 Å². The highest BCUT2D eigenvalue weighted by molar-refractivity contribution is 7.89. The molecule has 1 aliphatic rings. The first-order valence-electron chi connectivity index (χ1n) is 9.05. The van der Waals surface area contributed by atoms with Crippen LogP contribution >= 0.6 is 11.3 Å². The van der Waals surface area contributed by atoms with Gasteiger partial charge in [0.2, 0.25) is 10.0 Å². The normalized spacial score (nSPS) is 16.0. The van der Waals surface area contributed by atoms with E-state index < -0.39 is 10.0 Å². The predicted octanol–water partition coefficient (Wildman–Crippen LogP) is 3.44. The van der Waals surface area contributed by atoms with E-state index in [1.165, 1.54) is 15.6 Å². The second-order valence-electron chi connectivity index (χ2n) is 7.22. The molecule has 1 aliphatic heterocycles. The van der Waals surface area contributed by atoms with Gasteiger partial charge in [0, 0.05) is 26.2 Å². The van der Waals surface area contributed by atoms with Gasteiger partial charge in [0.1, 0.15) is 0 Å². The van der Waals surface area contributed by atoms with Crippen LogP contribution in [0.5, 0.6) is 0 Å². The molecule has 1 aromatic heterocycles. The molecule has 146 valence electrons. The lowest BCUT2D eigenvalue weighted by molar-refractivity contribution is 0.0702. The fourth-order valence-corrected chi connectivity index (χ4v) is 6.45. The topological polar surface area (TPSA) is 57.7 Å². The Bertz CT molecular complexity index is 959. The highest BCUT2D eigenvalue weighted by Crippen LogP contribution is 2.29. The lowest BCUT2D eigenvalue weighted by atomic mass is 10.0. The monoisotopic (exact) mass is 406 g/mol. The van der Waals surface area contributed by atoms with Crippen LogP contribution < -0.4 is 0 Å². The summed E-state index contributed by atoms with van der Waals surface area (Å²) < 4.78 is 28.2. The molecule has 0 atom stereocenters. The molecule has 7 heteroatoms. The Morgan fingerprint density at radius 1 is 0.926 bits per heavy atom. The van der Waals surface area contributed by atoms with Gasteiger partial charge < -0.3 is 4.90 Å². The predicted molar refractivity (Wildman–Crippen MR) is 109 cm³/mol. The Kier molecular flexibility index (Phi) is 5.47. The zero-order valence-corrected chi connectivity index (χ0v) is 18.1. The zero-order chi connectivity index (χ0) is 19.9. The van der Waals surface area contributed by atoms with Crippen molar-refractivity contribution in [3.8, 4) is 0 Å². The number of hydrogen-bond donors (Lipinski definition) is 0. The molecule has 0 radical (unpaired) electrons. The Hall–Kier alpha value is -1.70. The minimum absolute atomic E-state index is 0.00157. The maximum Gasteiger partial charge on any atom is 0.264 e. The summed E-state index contributed by atoms with van der Waals surface area (Å²) in [4.78, 5) is 15.6. The van der Waals surface area contributed by atoms with Crippen molar-refractivity contribution in [2.24, 2.45) is 0 Å². The second kappa shape index (κ2) is 7.37. The summed E-state index contributed by atoms with van der Waals surface area (Å²) in [5.74, 6) is -0.00157. The van der Waals surface area contributed by atoms with Gasteiger partial charge in [-0.2, -0.15) is 4.31 Å². The van der Waals surface area contributed by atoms with Gasteiger partial charge in [0.15, 0.2) is 0 Å². The van der Waals surface area contributed by atoms with E-state index in [0.29, 0.717) is 31.1 Å². The maximum atomic E-state index is 13.3. The minimum atomic E-state index is -3.58. The first kappa shape index (κ1) is 20.0. The molecule has 0 N–H and O–H groups in total. The molecular weight excluding hydrogens is 380 g/mol. The third-order valence-electron chi connectivity index (χ3n) is 5.48. The van der Waals surface area contributed by atoms with Gasteiger partial charge >= 0.3 is 0 Å². The molecule has 0 aliphatic carbocycles. The Morgan fingerprint density at radius 2 is 1.48 bits per heavy atom. The number of aryl methyl sites for hydroxylation is 3. The first-order valence-corrected chi connectivity index (χ1v) is 11.4. The Balaban J connectivity index is 1.82. The van der Waals surface area contributed by atoms with Gasteiger partial charge in [-0.15, -0.1) is 11.3 Å². The number of rotatable bonds is 3. The van der Waals surface area contributed by atoms with Crippen LogP contribution in [0, 0.1) is 34.6 Å². The Morgan fingerprint density at radius 3 is 1.96 bits per heavy atom. The zero-order valence-electron chi connectivity index (χ0n) is 16.5. The molecule has 2 heterocycles. The van der Waals surface area contributed by atoms with E-state index in [1.807, 2.05) is 52.1 Å². The quantitative estimate of drug-likeness (QED) is 0.785. The molecular formula is C20H26N2O3S2. The Labute approximate surface area is 165 Å². The summed E-state index contributed by atoms with van der Waals surface area (Å²) in [6.45, 7) is 11.0. The van der Waals surface area contributed by atoms with E-state index in [2.05, 4.69) is 0 Å². The minimum Gasteiger partial charge on any atom is -0.335 e. The van der Waals surface area contributed by atoms with Crippen molar-refractivity contribution in [3.63, 3.8) is 0 Å². The highest BCUT2D eigenvalue weighted by Gasteiger charge is 2.33. The lowest BCUT2D eigenvalue weighted by Gasteiger charge is -2.34. The number of carbonyl (C=O) groups excluding carboxylic acids is 1. The average molecular weight is 407 g/mol. The van der Waals surface area contributed by atoms with E-state index in [0.717, 1.165) is 32.7 Å². The van der Waals surface area contributed by atoms with Crippen LogP contribution in [0.1, 0.15) is 37.5 Å². The van der Waals surface area contributed by atoms with Gasteiger partial charge in [-0.3, -0.25) is 4.79 Å². The summed E-state index contributed by atoms with van der Waals surface area (Å²) >= 11 is 1.44. The third-order valence-corrected chi connectivity index (χ3v) is 8.65. The van der Waals surface area contributed by atoms with Crippen LogP contribution in [0.4, 0.5) is 0 Å². The molecule has 1 saturated heterocycles. The smallest absolute Gasteiger partial charge is 0.264 e. The summed E-state index contributed by atoms with van der Waals surface area (Å²) in [6, 6.07) is 3.97. The van der Waals surface area contributed by atoms with Crippen LogP contribution in [0.3, 0.4) is 0 Å². The van der Waals surface area contributed by atoms with Crippen molar-refractivity contribution >= 4 is 27.3 Å². The van der Waals surface area contributed by atoms with Gasteiger partial charge in [0.05, 0.1) is 9.77 Å². The molecule has 3 rings (SSSR count). The molecule has 27 heavy (non-hydrogen) atoms. The van der Waals surface area contributed by atoms with Gasteiger partial charge in [-0.1, -0.05) is 6.07 Å². The van der Waals surface area contributed by atoms with Crippen molar-refractivity contribution < 1.29 is 13.2 Å². The number of nitrogens with zero attached hydrogens (tertiary/aromatic N) is 2. The molecule has 5 nitrogen and oxygen atoms in total. The number of sulfonamides is 1. The van der Waals surface area contributed by atoms with Gasteiger partial charge in [-0.25, -0.2) is 8.42 Å². The molecule has 0 unspecified atom stereocenters. The molecule has 1 amide bonds.